The quantitative estimate of drug-likeness (QED) is 0.0429. The largest absolute Gasteiger partial charge is 0.425 e. The smallest absolute Gasteiger partial charge is 0.296 e. The maximum absolute atomic E-state index is 13.3. The molecule has 63 heavy (non-hydrogen) atoms. The first kappa shape index (κ1) is 50.5. The highest BCUT2D eigenvalue weighted by atomic mass is 16.5. The van der Waals surface area contributed by atoms with E-state index in [1.54, 1.807) is 0 Å². The van der Waals surface area contributed by atoms with Gasteiger partial charge in [-0.05, 0) is 69.3 Å². The number of fused-ring (bicyclic) bond motifs is 2. The van der Waals surface area contributed by atoms with Crippen LogP contribution in [0.3, 0.4) is 0 Å². The van der Waals surface area contributed by atoms with Gasteiger partial charge in [0, 0.05) is 66.0 Å². The molecule has 346 valence electrons. The Morgan fingerprint density at radius 1 is 0.635 bits per heavy atom. The molecule has 25 nitrogen and oxygen atoms in total. The third kappa shape index (κ3) is 14.9. The zero-order valence-electron chi connectivity index (χ0n) is 35.0. The second-order valence-corrected chi connectivity index (χ2v) is 14.5. The van der Waals surface area contributed by atoms with E-state index in [2.05, 4.69) is 21.3 Å². The summed E-state index contributed by atoms with van der Waals surface area (Å²) in [5.41, 5.74) is 0.948. The SMILES string of the molecule is CN(O)C(=O)CC(=O)N1CCCCN(C(=O)CC(=O)N(C)O)CCCNC(=O)c2ccc(n(O)c2=O)C(=O)N[C@@H](CCCCN)CNC(=O)c2ccc(c(=O)n2O)C(=O)NCCC1. The van der Waals surface area contributed by atoms with Crippen LogP contribution < -0.4 is 38.1 Å². The van der Waals surface area contributed by atoms with Gasteiger partial charge >= 0.3 is 0 Å². The number of amides is 8. The van der Waals surface area contributed by atoms with E-state index >= 15 is 0 Å². The molecule has 4 bridgehead atoms. The number of carbonyl (C=O) groups is 8. The molecule has 1 atom stereocenters. The van der Waals surface area contributed by atoms with Crippen LogP contribution in [0, 0.1) is 0 Å². The molecule has 10 N–H and O–H groups in total. The van der Waals surface area contributed by atoms with Crippen molar-refractivity contribution in [2.45, 2.75) is 63.8 Å². The average molecular weight is 890 g/mol. The van der Waals surface area contributed by atoms with Gasteiger partial charge in [-0.2, -0.15) is 0 Å². The van der Waals surface area contributed by atoms with Crippen molar-refractivity contribution >= 4 is 47.3 Å². The van der Waals surface area contributed by atoms with Crippen molar-refractivity contribution in [3.05, 3.63) is 67.5 Å². The summed E-state index contributed by atoms with van der Waals surface area (Å²) < 4.78 is -0.0467. The van der Waals surface area contributed by atoms with Gasteiger partial charge in [-0.1, -0.05) is 6.42 Å². The lowest BCUT2D eigenvalue weighted by atomic mass is 10.1. The molecule has 0 spiro atoms. The van der Waals surface area contributed by atoms with E-state index in [-0.39, 0.29) is 97.5 Å². The molecule has 0 radical (unpaired) electrons. The van der Waals surface area contributed by atoms with Crippen molar-refractivity contribution in [1.82, 2.24) is 50.7 Å². The predicted molar refractivity (Wildman–Crippen MR) is 217 cm³/mol. The third-order valence-electron chi connectivity index (χ3n) is 9.84. The Balaban J connectivity index is 1.93. The van der Waals surface area contributed by atoms with E-state index < -0.39 is 99.8 Å². The second-order valence-electron chi connectivity index (χ2n) is 14.5. The van der Waals surface area contributed by atoms with E-state index in [0.717, 1.165) is 38.4 Å². The first-order valence-electron chi connectivity index (χ1n) is 20.1. The Bertz CT molecular complexity index is 2120. The number of hydrogen-bond donors (Lipinski definition) is 9. The van der Waals surface area contributed by atoms with Crippen LogP contribution in [0.5, 0.6) is 0 Å². The Kier molecular flexibility index (Phi) is 19.7. The molecule has 8 amide bonds. The van der Waals surface area contributed by atoms with Crippen LogP contribution in [0.4, 0.5) is 0 Å². The van der Waals surface area contributed by atoms with Crippen LogP contribution in [0.2, 0.25) is 0 Å². The highest BCUT2D eigenvalue weighted by Gasteiger charge is 2.25. The molecular formula is C38H55N11O14. The Morgan fingerprint density at radius 3 is 1.49 bits per heavy atom. The maximum atomic E-state index is 13.3. The summed E-state index contributed by atoms with van der Waals surface area (Å²) in [6, 6.07) is 3.24. The van der Waals surface area contributed by atoms with E-state index in [0.29, 0.717) is 19.4 Å². The number of nitrogens with zero attached hydrogens (tertiary/aromatic N) is 6. The average Bonchev–Trinajstić information content (AvgIpc) is 3.23. The van der Waals surface area contributed by atoms with Gasteiger partial charge in [0.05, 0.1) is 0 Å². The molecule has 0 aromatic carbocycles. The van der Waals surface area contributed by atoms with Crippen molar-refractivity contribution in [2.24, 2.45) is 5.73 Å². The molecule has 0 saturated carbocycles. The minimum atomic E-state index is -1.24. The summed E-state index contributed by atoms with van der Waals surface area (Å²) in [5, 5.41) is 50.8. The van der Waals surface area contributed by atoms with Crippen LogP contribution in [0.15, 0.2) is 33.9 Å². The molecule has 0 unspecified atom stereocenters. The molecule has 0 aliphatic carbocycles. The van der Waals surface area contributed by atoms with Gasteiger partial charge in [-0.3, -0.25) is 58.4 Å². The highest BCUT2D eigenvalue weighted by Crippen LogP contribution is 2.09. The number of pyridine rings is 2. The number of nitrogens with one attached hydrogen (secondary N) is 4. The summed E-state index contributed by atoms with van der Waals surface area (Å²) in [4.78, 5) is 131. The number of nitrogens with two attached hydrogens (primary N) is 1. The van der Waals surface area contributed by atoms with Gasteiger partial charge in [-0.25, -0.2) is 10.1 Å². The number of carbonyl (C=O) groups excluding carboxylic acids is 8. The summed E-state index contributed by atoms with van der Waals surface area (Å²) in [7, 11) is 2.10. The third-order valence-corrected chi connectivity index (χ3v) is 9.84. The fraction of sp³-hybridized carbons (Fsp3) is 0.526. The van der Waals surface area contributed by atoms with Crippen LogP contribution in [0.25, 0.3) is 0 Å². The van der Waals surface area contributed by atoms with Crippen molar-refractivity contribution in [3.8, 4) is 0 Å². The lowest BCUT2D eigenvalue weighted by molar-refractivity contribution is -0.163. The number of unbranched alkanes of at least 4 members (excludes halogenated alkanes) is 1. The maximum Gasteiger partial charge on any atom is 0.296 e. The first-order chi connectivity index (χ1) is 29.9. The zero-order valence-corrected chi connectivity index (χ0v) is 35.0. The molecule has 3 aliphatic rings. The van der Waals surface area contributed by atoms with E-state index in [1.807, 2.05) is 0 Å². The van der Waals surface area contributed by atoms with Crippen LogP contribution in [-0.2, 0) is 19.2 Å². The number of hydrogen-bond acceptors (Lipinski definition) is 15. The summed E-state index contributed by atoms with van der Waals surface area (Å²) in [6.45, 7) is -0.0882. The van der Waals surface area contributed by atoms with Crippen molar-refractivity contribution in [1.29, 1.82) is 0 Å². The number of hydroxylamine groups is 4. The second kappa shape index (κ2) is 24.5. The van der Waals surface area contributed by atoms with Crippen LogP contribution >= 0.6 is 0 Å². The number of rotatable bonds is 8. The lowest BCUT2D eigenvalue weighted by Crippen LogP contribution is -2.46. The molecule has 25 heteroatoms. The van der Waals surface area contributed by atoms with Crippen molar-refractivity contribution in [2.75, 3.05) is 66.5 Å². The van der Waals surface area contributed by atoms with Gasteiger partial charge in [0.25, 0.3) is 46.6 Å². The normalized spacial score (nSPS) is 16.6. The molecule has 2 aromatic rings. The molecule has 0 saturated heterocycles. The fourth-order valence-corrected chi connectivity index (χ4v) is 6.24. The fourth-order valence-electron chi connectivity index (χ4n) is 6.24. The molecular weight excluding hydrogens is 834 g/mol. The monoisotopic (exact) mass is 889 g/mol. The minimum absolute atomic E-state index is 0.0116. The Morgan fingerprint density at radius 2 is 1.06 bits per heavy atom. The summed E-state index contributed by atoms with van der Waals surface area (Å²) >= 11 is 0. The Labute approximate surface area is 360 Å². The minimum Gasteiger partial charge on any atom is -0.425 e. The Hall–Kier alpha value is -6.86. The first-order valence-corrected chi connectivity index (χ1v) is 20.1. The lowest BCUT2D eigenvalue weighted by Gasteiger charge is -2.25. The molecule has 3 aliphatic heterocycles. The zero-order chi connectivity index (χ0) is 46.8. The van der Waals surface area contributed by atoms with E-state index in [1.165, 1.54) is 9.80 Å². The van der Waals surface area contributed by atoms with Gasteiger partial charge in [-0.15, -0.1) is 9.46 Å². The summed E-state index contributed by atoms with van der Waals surface area (Å²) in [6.07, 6.45) is 0.584. The highest BCUT2D eigenvalue weighted by molar-refractivity contribution is 5.98. The topological polar surface area (TPSA) is 349 Å². The van der Waals surface area contributed by atoms with Crippen molar-refractivity contribution in [3.63, 3.8) is 0 Å². The van der Waals surface area contributed by atoms with Gasteiger partial charge in [0.2, 0.25) is 11.8 Å². The predicted octanol–water partition coefficient (Wildman–Crippen LogP) is -2.69. The molecule has 2 aromatic heterocycles. The van der Waals surface area contributed by atoms with E-state index in [9.17, 15) is 68.8 Å². The van der Waals surface area contributed by atoms with Gasteiger partial charge in [0.1, 0.15) is 35.4 Å². The van der Waals surface area contributed by atoms with Crippen LogP contribution in [-0.4, -0.2) is 170 Å². The molecule has 5 rings (SSSR count). The standard InChI is InChI=1S/C38H55N11O14/c1-44(60)29(50)21-31(52)46-17-5-6-18-47(32(53)22-30(51)45(2)61)20-8-16-41-34(55)26-11-13-28(49(63)38(26)59)36(57)43-24(9-3-4-14-39)23-42-35(56)27-12-10-25(37(58)48(27)62)33(54)40-15-7-19-46/h10-13,24,60-63H,3-9,14-23,39H2,1-2H3,(H,40,54)(H,41,55)(H,42,56)(H,43,57)/t24-/m0/s1. The van der Waals surface area contributed by atoms with Gasteiger partial charge in [0.15, 0.2) is 0 Å². The van der Waals surface area contributed by atoms with E-state index in [4.69, 9.17) is 5.73 Å². The van der Waals surface area contributed by atoms with Gasteiger partial charge < -0.3 is 47.2 Å². The van der Waals surface area contributed by atoms with Crippen LogP contribution in [0.1, 0.15) is 99.5 Å². The molecule has 0 fully saturated rings. The van der Waals surface area contributed by atoms with Crippen molar-refractivity contribution < 1.29 is 59.2 Å². The summed E-state index contributed by atoms with van der Waals surface area (Å²) in [5.74, 6) is -6.88. The molecule has 5 heterocycles. The number of aromatic nitrogens is 2.